The van der Waals surface area contributed by atoms with Crippen LogP contribution in [-0.4, -0.2) is 54.2 Å². The maximum atomic E-state index is 13.1. The van der Waals surface area contributed by atoms with Crippen LogP contribution in [0.3, 0.4) is 0 Å². The summed E-state index contributed by atoms with van der Waals surface area (Å²) in [5, 5.41) is 14.8. The number of rotatable bonds is 8. The summed E-state index contributed by atoms with van der Waals surface area (Å²) < 4.78 is 27.3. The Morgan fingerprint density at radius 3 is 2.30 bits per heavy atom. The Hall–Kier alpha value is -3.24. The Balaban J connectivity index is 1.72. The fourth-order valence-electron chi connectivity index (χ4n) is 3.77. The van der Waals surface area contributed by atoms with E-state index in [1.54, 1.807) is 36.4 Å². The fourth-order valence-corrected chi connectivity index (χ4v) is 5.42. The van der Waals surface area contributed by atoms with Gasteiger partial charge in [-0.3, -0.25) is 9.59 Å². The molecule has 2 atom stereocenters. The van der Waals surface area contributed by atoms with Gasteiger partial charge in [0.2, 0.25) is 21.8 Å². The molecule has 9 nitrogen and oxygen atoms in total. The summed E-state index contributed by atoms with van der Waals surface area (Å²) in [5.74, 6) is -2.08. The molecule has 1 heterocycles. The van der Waals surface area contributed by atoms with Crippen molar-refractivity contribution in [2.24, 2.45) is 0 Å². The SMILES string of the molecule is CC(=O)Nc1ccc(C[C@H](NC(=O)[C@@H]2CCCN2S(=O)(=O)c2ccc(C)cc2)C(=O)O)cc1. The molecule has 0 saturated carbocycles. The predicted octanol–water partition coefficient (Wildman–Crippen LogP) is 1.92. The number of aryl methyl sites for hydroxylation is 1. The van der Waals surface area contributed by atoms with Crippen LogP contribution in [0.5, 0.6) is 0 Å². The highest BCUT2D eigenvalue weighted by atomic mass is 32.2. The molecule has 1 fully saturated rings. The zero-order valence-electron chi connectivity index (χ0n) is 18.4. The summed E-state index contributed by atoms with van der Waals surface area (Å²) in [5.41, 5.74) is 2.14. The van der Waals surface area contributed by atoms with Crippen molar-refractivity contribution in [1.29, 1.82) is 0 Å². The number of hydrogen-bond acceptors (Lipinski definition) is 5. The molecule has 3 rings (SSSR count). The molecule has 2 amide bonds. The number of benzene rings is 2. The average molecular weight is 474 g/mol. The van der Waals surface area contributed by atoms with E-state index in [1.165, 1.54) is 19.1 Å². The number of carbonyl (C=O) groups excluding carboxylic acids is 2. The first-order chi connectivity index (χ1) is 15.6. The van der Waals surface area contributed by atoms with Crippen molar-refractivity contribution in [3.8, 4) is 0 Å². The summed E-state index contributed by atoms with van der Waals surface area (Å²) in [7, 11) is -3.89. The molecule has 10 heteroatoms. The average Bonchev–Trinajstić information content (AvgIpc) is 3.25. The number of anilines is 1. The van der Waals surface area contributed by atoms with E-state index < -0.39 is 34.0 Å². The number of amides is 2. The highest BCUT2D eigenvalue weighted by Gasteiger charge is 2.40. The minimum Gasteiger partial charge on any atom is -0.480 e. The van der Waals surface area contributed by atoms with Crippen molar-refractivity contribution in [3.63, 3.8) is 0 Å². The molecule has 1 saturated heterocycles. The Kier molecular flexibility index (Phi) is 7.50. The summed E-state index contributed by atoms with van der Waals surface area (Å²) in [6.07, 6.45) is 0.832. The van der Waals surface area contributed by atoms with Crippen LogP contribution in [0.2, 0.25) is 0 Å². The Morgan fingerprint density at radius 1 is 1.09 bits per heavy atom. The lowest BCUT2D eigenvalue weighted by Crippen LogP contribution is -2.51. The third kappa shape index (κ3) is 5.96. The Labute approximate surface area is 192 Å². The first-order valence-electron chi connectivity index (χ1n) is 10.6. The van der Waals surface area contributed by atoms with Crippen LogP contribution in [0.1, 0.15) is 30.9 Å². The van der Waals surface area contributed by atoms with Gasteiger partial charge in [-0.1, -0.05) is 29.8 Å². The molecule has 0 spiro atoms. The quantitative estimate of drug-likeness (QED) is 0.537. The number of hydrogen-bond donors (Lipinski definition) is 3. The molecule has 3 N–H and O–H groups in total. The van der Waals surface area contributed by atoms with Crippen LogP contribution >= 0.6 is 0 Å². The number of nitrogens with one attached hydrogen (secondary N) is 2. The molecule has 0 aromatic heterocycles. The Bertz CT molecular complexity index is 1130. The van der Waals surface area contributed by atoms with Crippen LogP contribution in [-0.2, 0) is 30.8 Å². The van der Waals surface area contributed by atoms with Crippen molar-refractivity contribution in [1.82, 2.24) is 9.62 Å². The number of sulfonamides is 1. The fraction of sp³-hybridized carbons (Fsp3) is 0.348. The normalized spacial score (nSPS) is 17.3. The van der Waals surface area contributed by atoms with Gasteiger partial charge in [-0.25, -0.2) is 13.2 Å². The summed E-state index contributed by atoms with van der Waals surface area (Å²) >= 11 is 0. The summed E-state index contributed by atoms with van der Waals surface area (Å²) in [4.78, 5) is 36.0. The maximum absolute atomic E-state index is 13.1. The number of carbonyl (C=O) groups is 3. The zero-order chi connectivity index (χ0) is 24.2. The van der Waals surface area contributed by atoms with Gasteiger partial charge in [0.25, 0.3) is 0 Å². The second-order valence-corrected chi connectivity index (χ2v) is 9.96. The number of nitrogens with zero attached hydrogens (tertiary/aromatic N) is 1. The van der Waals surface area contributed by atoms with Gasteiger partial charge in [0, 0.05) is 25.6 Å². The van der Waals surface area contributed by atoms with Crippen molar-refractivity contribution in [2.45, 2.75) is 50.1 Å². The predicted molar refractivity (Wildman–Crippen MR) is 122 cm³/mol. The highest BCUT2D eigenvalue weighted by Crippen LogP contribution is 2.26. The molecule has 0 bridgehead atoms. The highest BCUT2D eigenvalue weighted by molar-refractivity contribution is 7.89. The van der Waals surface area contributed by atoms with Crippen LogP contribution in [0.4, 0.5) is 5.69 Å². The largest absolute Gasteiger partial charge is 0.480 e. The van der Waals surface area contributed by atoms with Gasteiger partial charge in [0.1, 0.15) is 12.1 Å². The maximum Gasteiger partial charge on any atom is 0.326 e. The smallest absolute Gasteiger partial charge is 0.326 e. The van der Waals surface area contributed by atoms with Gasteiger partial charge in [-0.15, -0.1) is 0 Å². The first kappa shape index (κ1) is 24.4. The van der Waals surface area contributed by atoms with Gasteiger partial charge < -0.3 is 15.7 Å². The monoisotopic (exact) mass is 473 g/mol. The van der Waals surface area contributed by atoms with E-state index in [-0.39, 0.29) is 23.8 Å². The lowest BCUT2D eigenvalue weighted by atomic mass is 10.0. The van der Waals surface area contributed by atoms with Crippen molar-refractivity contribution < 1.29 is 27.9 Å². The molecule has 2 aromatic carbocycles. The molecule has 0 radical (unpaired) electrons. The number of carboxylic acid groups (broad SMARTS) is 1. The van der Waals surface area contributed by atoms with E-state index in [0.717, 1.165) is 9.87 Å². The zero-order valence-corrected chi connectivity index (χ0v) is 19.3. The number of aliphatic carboxylic acids is 1. The van der Waals surface area contributed by atoms with E-state index in [4.69, 9.17) is 0 Å². The minimum absolute atomic E-state index is 0.0128. The second-order valence-electron chi connectivity index (χ2n) is 8.07. The third-order valence-corrected chi connectivity index (χ3v) is 7.39. The van der Waals surface area contributed by atoms with Crippen LogP contribution in [0.15, 0.2) is 53.4 Å². The molecule has 1 aliphatic heterocycles. The lowest BCUT2D eigenvalue weighted by Gasteiger charge is -2.25. The van der Waals surface area contributed by atoms with Gasteiger partial charge in [-0.2, -0.15) is 4.31 Å². The molecule has 1 aliphatic rings. The molecular formula is C23H27N3O6S. The second kappa shape index (κ2) is 10.1. The standard InChI is InChI=1S/C23H27N3O6S/c1-15-5-11-19(12-6-15)33(31,32)26-13-3-4-21(26)22(28)25-20(23(29)30)14-17-7-9-18(10-8-17)24-16(2)27/h5-12,20-21H,3-4,13-14H2,1-2H3,(H,24,27)(H,25,28)(H,29,30)/t20-,21-/m0/s1. The van der Waals surface area contributed by atoms with E-state index in [9.17, 15) is 27.9 Å². The van der Waals surface area contributed by atoms with Crippen molar-refractivity contribution in [3.05, 3.63) is 59.7 Å². The molecule has 33 heavy (non-hydrogen) atoms. The van der Waals surface area contributed by atoms with E-state index >= 15 is 0 Å². The van der Waals surface area contributed by atoms with Crippen LogP contribution in [0, 0.1) is 6.92 Å². The Morgan fingerprint density at radius 2 is 1.73 bits per heavy atom. The van der Waals surface area contributed by atoms with E-state index in [0.29, 0.717) is 24.1 Å². The van der Waals surface area contributed by atoms with Gasteiger partial charge in [0.15, 0.2) is 0 Å². The van der Waals surface area contributed by atoms with Crippen molar-refractivity contribution >= 4 is 33.5 Å². The third-order valence-electron chi connectivity index (χ3n) is 5.46. The molecular weight excluding hydrogens is 446 g/mol. The van der Waals surface area contributed by atoms with Crippen LogP contribution < -0.4 is 10.6 Å². The summed E-state index contributed by atoms with van der Waals surface area (Å²) in [6.45, 7) is 3.42. The molecule has 2 aromatic rings. The van der Waals surface area contributed by atoms with E-state index in [2.05, 4.69) is 10.6 Å². The minimum atomic E-state index is -3.89. The lowest BCUT2D eigenvalue weighted by molar-refractivity contribution is -0.142. The van der Waals surface area contributed by atoms with Gasteiger partial charge >= 0.3 is 5.97 Å². The van der Waals surface area contributed by atoms with Crippen LogP contribution in [0.25, 0.3) is 0 Å². The summed E-state index contributed by atoms with van der Waals surface area (Å²) in [6, 6.07) is 10.8. The van der Waals surface area contributed by atoms with Crippen molar-refractivity contribution in [2.75, 3.05) is 11.9 Å². The molecule has 176 valence electrons. The van der Waals surface area contributed by atoms with Gasteiger partial charge in [0.05, 0.1) is 4.90 Å². The number of carboxylic acids is 1. The topological polar surface area (TPSA) is 133 Å². The van der Waals surface area contributed by atoms with Gasteiger partial charge in [-0.05, 0) is 49.6 Å². The molecule has 0 aliphatic carbocycles. The first-order valence-corrected chi connectivity index (χ1v) is 12.0. The molecule has 0 unspecified atom stereocenters. The van der Waals surface area contributed by atoms with E-state index in [1.807, 2.05) is 6.92 Å².